The number of phenols is 2. The Bertz CT molecular complexity index is 738. The van der Waals surface area contributed by atoms with Crippen LogP contribution in [0.1, 0.15) is 70.2 Å². The largest absolute Gasteiger partial charge is 0.508 e. The lowest BCUT2D eigenvalue weighted by molar-refractivity contribution is -0.0914. The van der Waals surface area contributed by atoms with E-state index < -0.39 is 0 Å². The average molecular weight is 476 g/mol. The summed E-state index contributed by atoms with van der Waals surface area (Å²) >= 11 is 0. The maximum absolute atomic E-state index is 13.8. The van der Waals surface area contributed by atoms with Crippen molar-refractivity contribution in [3.8, 4) is 11.5 Å². The van der Waals surface area contributed by atoms with Crippen molar-refractivity contribution in [2.45, 2.75) is 65.8 Å². The zero-order chi connectivity index (χ0) is 21.4. The van der Waals surface area contributed by atoms with Crippen LogP contribution < -0.4 is 11.1 Å². The van der Waals surface area contributed by atoms with E-state index in [1.54, 1.807) is 0 Å². The summed E-state index contributed by atoms with van der Waals surface area (Å²) in [6.45, 7) is 10.7. The van der Waals surface area contributed by atoms with E-state index in [0.29, 0.717) is 18.0 Å². The first-order valence-corrected chi connectivity index (χ1v) is 11.1. The number of Topliss-reactive ketones (excluding diaryl/α,β-unsaturated/α-hetero) is 1. The first-order valence-electron chi connectivity index (χ1n) is 11.1. The highest BCUT2D eigenvalue weighted by Gasteiger charge is 2.58. The van der Waals surface area contributed by atoms with Crippen molar-refractivity contribution in [1.29, 1.82) is 0 Å². The minimum atomic E-state index is -0.155. The fraction of sp³-hybridized carbons (Fsp3) is 0.708. The number of carbonyl (C=O) groups excluding carboxylic acids is 1. The van der Waals surface area contributed by atoms with Gasteiger partial charge in [0.15, 0.2) is 5.78 Å². The van der Waals surface area contributed by atoms with E-state index in [9.17, 15) is 15.0 Å². The Hall–Kier alpha value is -1.01. The molecule has 0 aliphatic heterocycles. The monoisotopic (exact) mass is 474 g/mol. The molecule has 2 aliphatic carbocycles. The number of hydrogen-bond donors (Lipinski definition) is 4. The van der Waals surface area contributed by atoms with E-state index in [-0.39, 0.29) is 70.8 Å². The summed E-state index contributed by atoms with van der Waals surface area (Å²) in [5.74, 6) is 0.354. The first kappa shape index (κ1) is 28.0. The van der Waals surface area contributed by atoms with E-state index in [0.717, 1.165) is 32.2 Å². The van der Waals surface area contributed by atoms with E-state index in [1.165, 1.54) is 24.6 Å². The number of hydrogen-bond acceptors (Lipinski definition) is 5. The van der Waals surface area contributed by atoms with Crippen LogP contribution in [0.5, 0.6) is 11.5 Å². The summed E-state index contributed by atoms with van der Waals surface area (Å²) in [7, 11) is 0. The fourth-order valence-electron chi connectivity index (χ4n) is 6.54. The number of ketones is 1. The minimum absolute atomic E-state index is 0. The summed E-state index contributed by atoms with van der Waals surface area (Å²) in [5.41, 5.74) is 6.18. The third kappa shape index (κ3) is 5.50. The zero-order valence-corrected chi connectivity index (χ0v) is 20.8. The van der Waals surface area contributed by atoms with Gasteiger partial charge in [0.25, 0.3) is 0 Å². The van der Waals surface area contributed by atoms with E-state index in [4.69, 9.17) is 5.73 Å². The molecule has 0 saturated heterocycles. The van der Waals surface area contributed by atoms with Gasteiger partial charge in [-0.3, -0.25) is 4.79 Å². The molecule has 5 N–H and O–H groups in total. The molecule has 0 radical (unpaired) electrons. The molecule has 0 spiro atoms. The third-order valence-corrected chi connectivity index (χ3v) is 7.89. The second kappa shape index (κ2) is 10.7. The number of rotatable bonds is 6. The maximum Gasteiger partial charge on any atom is 0.167 e. The van der Waals surface area contributed by atoms with E-state index in [2.05, 4.69) is 33.0 Å². The second-order valence-corrected chi connectivity index (χ2v) is 10.3. The van der Waals surface area contributed by atoms with Crippen molar-refractivity contribution in [3.05, 3.63) is 23.8 Å². The topological polar surface area (TPSA) is 95.6 Å². The van der Waals surface area contributed by atoms with Gasteiger partial charge in [-0.1, -0.05) is 34.1 Å². The van der Waals surface area contributed by atoms with Crippen molar-refractivity contribution >= 4 is 30.6 Å². The summed E-state index contributed by atoms with van der Waals surface area (Å²) in [6.07, 6.45) is 5.36. The van der Waals surface area contributed by atoms with Crippen molar-refractivity contribution in [1.82, 2.24) is 5.32 Å². The highest BCUT2D eigenvalue weighted by molar-refractivity contribution is 5.99. The molecule has 1 aromatic rings. The van der Waals surface area contributed by atoms with Gasteiger partial charge >= 0.3 is 0 Å². The lowest BCUT2D eigenvalue weighted by atomic mass is 9.45. The number of nitrogens with one attached hydrogen (secondary N) is 1. The molecule has 5 nitrogen and oxygen atoms in total. The number of aromatic hydroxyl groups is 2. The van der Waals surface area contributed by atoms with Gasteiger partial charge in [0.05, 0.1) is 0 Å². The van der Waals surface area contributed by atoms with Gasteiger partial charge < -0.3 is 21.3 Å². The van der Waals surface area contributed by atoms with E-state index >= 15 is 0 Å². The molecule has 5 atom stereocenters. The molecule has 0 heterocycles. The Morgan fingerprint density at radius 3 is 2.32 bits per heavy atom. The van der Waals surface area contributed by atoms with Crippen molar-refractivity contribution < 1.29 is 15.0 Å². The molecule has 1 aromatic carbocycles. The lowest BCUT2D eigenvalue weighted by Gasteiger charge is -2.60. The van der Waals surface area contributed by atoms with Crippen LogP contribution in [-0.2, 0) is 0 Å². The van der Waals surface area contributed by atoms with Crippen LogP contribution in [0.2, 0.25) is 0 Å². The van der Waals surface area contributed by atoms with Crippen LogP contribution >= 0.6 is 24.8 Å². The molecule has 0 unspecified atom stereocenters. The number of nitrogens with two attached hydrogens (primary N) is 1. The smallest absolute Gasteiger partial charge is 0.167 e. The van der Waals surface area contributed by atoms with Crippen LogP contribution in [0, 0.1) is 28.6 Å². The maximum atomic E-state index is 13.8. The molecule has 0 bridgehead atoms. The highest BCUT2D eigenvalue weighted by atomic mass is 35.5. The summed E-state index contributed by atoms with van der Waals surface area (Å²) < 4.78 is 0. The normalized spacial score (nSPS) is 31.6. The average Bonchev–Trinajstić information content (AvgIpc) is 2.61. The van der Waals surface area contributed by atoms with Gasteiger partial charge in [0.2, 0.25) is 0 Å². The Morgan fingerprint density at radius 1 is 1.13 bits per heavy atom. The molecule has 2 aliphatic rings. The Morgan fingerprint density at radius 2 is 1.74 bits per heavy atom. The van der Waals surface area contributed by atoms with E-state index in [1.807, 2.05) is 0 Å². The van der Waals surface area contributed by atoms with Crippen LogP contribution in [-0.4, -0.2) is 35.1 Å². The van der Waals surface area contributed by atoms with Crippen molar-refractivity contribution in [2.75, 3.05) is 13.1 Å². The van der Waals surface area contributed by atoms with Crippen LogP contribution in [0.4, 0.5) is 0 Å². The quantitative estimate of drug-likeness (QED) is 0.346. The van der Waals surface area contributed by atoms with Crippen molar-refractivity contribution in [3.63, 3.8) is 0 Å². The van der Waals surface area contributed by atoms with Crippen LogP contribution in [0.15, 0.2) is 18.2 Å². The predicted octanol–water partition coefficient (Wildman–Crippen LogP) is 4.92. The molecule has 31 heavy (non-hydrogen) atoms. The number of carbonyl (C=O) groups is 1. The molecule has 178 valence electrons. The summed E-state index contributed by atoms with van der Waals surface area (Å²) in [5, 5.41) is 23.6. The van der Waals surface area contributed by atoms with Gasteiger partial charge in [0.1, 0.15) is 11.5 Å². The fourth-order valence-corrected chi connectivity index (χ4v) is 6.54. The zero-order valence-electron chi connectivity index (χ0n) is 19.2. The minimum Gasteiger partial charge on any atom is -0.508 e. The SMILES string of the molecule is C[C@@H]1[C@H](NCCCN)C[C@H]2C(C)(C)CCC[C@]2(C)[C@H]1C(=O)c1cc(O)cc(O)c1.Cl.Cl. The first-order chi connectivity index (χ1) is 13.6. The van der Waals surface area contributed by atoms with Crippen LogP contribution in [0.25, 0.3) is 0 Å². The molecule has 0 amide bonds. The summed E-state index contributed by atoms with van der Waals surface area (Å²) in [6, 6.07) is 4.52. The second-order valence-electron chi connectivity index (χ2n) is 10.3. The molecule has 2 saturated carbocycles. The number of halogens is 2. The van der Waals surface area contributed by atoms with Gasteiger partial charge in [-0.2, -0.15) is 0 Å². The highest BCUT2D eigenvalue weighted by Crippen LogP contribution is 2.61. The van der Waals surface area contributed by atoms with Gasteiger partial charge in [-0.05, 0) is 73.6 Å². The van der Waals surface area contributed by atoms with Crippen molar-refractivity contribution in [2.24, 2.45) is 34.3 Å². The molecule has 2 fully saturated rings. The Labute approximate surface area is 199 Å². The van der Waals surface area contributed by atoms with Crippen LogP contribution in [0.3, 0.4) is 0 Å². The molecular formula is C24H40Cl2N2O3. The van der Waals surface area contributed by atoms with Gasteiger partial charge in [0, 0.05) is 23.6 Å². The number of benzene rings is 1. The number of fused-ring (bicyclic) bond motifs is 1. The number of phenolic OH excluding ortho intramolecular Hbond substituents is 2. The summed E-state index contributed by atoms with van der Waals surface area (Å²) in [4.78, 5) is 13.8. The molecule has 7 heteroatoms. The molecule has 0 aromatic heterocycles. The molecule has 3 rings (SSSR count). The third-order valence-electron chi connectivity index (χ3n) is 7.89. The Kier molecular flexibility index (Phi) is 9.71. The predicted molar refractivity (Wildman–Crippen MR) is 131 cm³/mol. The Balaban J connectivity index is 0.00000240. The van der Waals surface area contributed by atoms with Gasteiger partial charge in [-0.15, -0.1) is 24.8 Å². The lowest BCUT2D eigenvalue weighted by Crippen LogP contribution is -2.60. The standard InChI is InChI=1S/C24H38N2O3.2ClH/c1-15-19(26-10-6-9-25)14-20-23(2,3)7-5-8-24(20,4)21(15)22(29)16-11-17(27)13-18(28)12-16;;/h11-13,15,19-21,26-28H,5-10,14,25H2,1-4H3;2*1H/t15-,19-,20+,21-,24+;;/m1../s1. The van der Waals surface area contributed by atoms with Gasteiger partial charge in [-0.25, -0.2) is 0 Å². The molecular weight excluding hydrogens is 435 g/mol.